The Labute approximate surface area is 244 Å². The largest absolute Gasteiger partial charge is 0.573 e. The first-order valence-corrected chi connectivity index (χ1v) is 13.0. The molecule has 0 unspecified atom stereocenters. The molecule has 0 bridgehead atoms. The van der Waals surface area contributed by atoms with E-state index < -0.39 is 23.8 Å². The molecule has 0 atom stereocenters. The molecule has 3 N–H and O–H groups in total. The minimum absolute atomic E-state index is 0.0962. The maximum atomic E-state index is 15.0. The van der Waals surface area contributed by atoms with Crippen LogP contribution in [0.1, 0.15) is 46.9 Å². The van der Waals surface area contributed by atoms with Gasteiger partial charge in [-0.3, -0.25) is 10.2 Å². The van der Waals surface area contributed by atoms with Crippen LogP contribution in [-0.2, 0) is 0 Å². The van der Waals surface area contributed by atoms with Crippen LogP contribution in [0.4, 0.5) is 28.9 Å². The lowest BCUT2D eigenvalue weighted by molar-refractivity contribution is -0.274. The molecule has 0 saturated carbocycles. The minimum Gasteiger partial charge on any atom is -0.406 e. The number of thiocarbonyl (C=S) groups is 1. The lowest BCUT2D eigenvalue weighted by Gasteiger charge is -2.14. The molecule has 0 spiro atoms. The van der Waals surface area contributed by atoms with Crippen LogP contribution in [0.5, 0.6) is 5.75 Å². The third-order valence-corrected chi connectivity index (χ3v) is 6.12. The van der Waals surface area contributed by atoms with Crippen LogP contribution in [0.25, 0.3) is 5.69 Å². The van der Waals surface area contributed by atoms with Gasteiger partial charge in [0.15, 0.2) is 5.11 Å². The number of halogens is 4. The van der Waals surface area contributed by atoms with Crippen LogP contribution in [0.3, 0.4) is 0 Å². The first-order valence-electron chi connectivity index (χ1n) is 12.6. The van der Waals surface area contributed by atoms with Gasteiger partial charge in [-0.2, -0.15) is 10.2 Å². The number of alkyl halides is 3. The van der Waals surface area contributed by atoms with Crippen LogP contribution >= 0.6 is 12.2 Å². The zero-order valence-corrected chi connectivity index (χ0v) is 23.5. The van der Waals surface area contributed by atoms with Crippen molar-refractivity contribution in [1.29, 1.82) is 0 Å². The van der Waals surface area contributed by atoms with Gasteiger partial charge in [0.2, 0.25) is 0 Å². The van der Waals surface area contributed by atoms with Gasteiger partial charge < -0.3 is 15.4 Å². The summed E-state index contributed by atoms with van der Waals surface area (Å²) in [5.41, 5.74) is 6.07. The molecule has 42 heavy (non-hydrogen) atoms. The van der Waals surface area contributed by atoms with E-state index in [0.717, 1.165) is 23.4 Å². The van der Waals surface area contributed by atoms with Crippen molar-refractivity contribution in [3.8, 4) is 11.4 Å². The Hall–Kier alpha value is -4.78. The second kappa shape index (κ2) is 12.8. The highest BCUT2D eigenvalue weighted by molar-refractivity contribution is 7.80. The highest BCUT2D eigenvalue weighted by Gasteiger charge is 2.31. The third kappa shape index (κ3) is 7.91. The summed E-state index contributed by atoms with van der Waals surface area (Å²) in [7, 11) is 0. The molecule has 0 radical (unpaired) electrons. The number of nitrogens with one attached hydrogen (secondary N) is 3. The standard InChI is InChI=1S/C29H26F4N6O2S/c1-17(2)22-6-4-5-7-24(22)36-28(42)37-34-15-19-8-13-26(23(30)14-19)39-16-25(18(3)38-39)35-27(40)20-9-11-21(12-10-20)41-29(31,32)33/h4-17H,1-3H3,(H,35,40)(H2,36,37,42)/b34-15+. The van der Waals surface area contributed by atoms with Crippen molar-refractivity contribution >= 4 is 40.8 Å². The number of rotatable bonds is 8. The average molecular weight is 599 g/mol. The Morgan fingerprint density at radius 3 is 2.43 bits per heavy atom. The van der Waals surface area contributed by atoms with E-state index in [1.807, 2.05) is 24.3 Å². The second-order valence-electron chi connectivity index (χ2n) is 9.38. The third-order valence-electron chi connectivity index (χ3n) is 5.93. The van der Waals surface area contributed by atoms with Gasteiger partial charge in [-0.05, 0) is 78.7 Å². The van der Waals surface area contributed by atoms with Crippen molar-refractivity contribution in [3.63, 3.8) is 0 Å². The molecule has 1 amide bonds. The number of nitrogens with zero attached hydrogens (tertiary/aromatic N) is 3. The number of carbonyl (C=O) groups excluding carboxylic acids is 1. The summed E-state index contributed by atoms with van der Waals surface area (Å²) in [6, 6.07) is 16.6. The van der Waals surface area contributed by atoms with Gasteiger partial charge in [-0.1, -0.05) is 38.1 Å². The predicted molar refractivity (Wildman–Crippen MR) is 157 cm³/mol. The SMILES string of the molecule is Cc1nn(-c2ccc(/C=N/NC(=S)Nc3ccccc3C(C)C)cc2F)cc1NC(=O)c1ccc(OC(F)(F)F)cc1. The van der Waals surface area contributed by atoms with Crippen LogP contribution < -0.4 is 20.8 Å². The zero-order valence-electron chi connectivity index (χ0n) is 22.7. The van der Waals surface area contributed by atoms with E-state index in [1.54, 1.807) is 13.0 Å². The minimum atomic E-state index is -4.84. The summed E-state index contributed by atoms with van der Waals surface area (Å²) in [6.07, 6.45) is -1.99. The Morgan fingerprint density at radius 1 is 1.05 bits per heavy atom. The first-order chi connectivity index (χ1) is 19.9. The molecule has 8 nitrogen and oxygen atoms in total. The number of hydrogen-bond donors (Lipinski definition) is 3. The second-order valence-corrected chi connectivity index (χ2v) is 9.78. The highest BCUT2D eigenvalue weighted by Crippen LogP contribution is 2.25. The lowest BCUT2D eigenvalue weighted by atomic mass is 10.0. The number of anilines is 2. The Bertz CT molecular complexity index is 1620. The molecule has 4 rings (SSSR count). The van der Waals surface area contributed by atoms with Crippen molar-refractivity contribution in [2.24, 2.45) is 5.10 Å². The molecule has 0 aliphatic heterocycles. The van der Waals surface area contributed by atoms with E-state index >= 15 is 0 Å². The number of aryl methyl sites for hydroxylation is 1. The Morgan fingerprint density at radius 2 is 1.76 bits per heavy atom. The van der Waals surface area contributed by atoms with Crippen LogP contribution in [0.15, 0.2) is 78.0 Å². The number of carbonyl (C=O) groups is 1. The van der Waals surface area contributed by atoms with Crippen LogP contribution in [0, 0.1) is 12.7 Å². The Kier molecular flexibility index (Phi) is 9.21. The van der Waals surface area contributed by atoms with Crippen molar-refractivity contribution in [3.05, 3.63) is 101 Å². The predicted octanol–water partition coefficient (Wildman–Crippen LogP) is 6.91. The van der Waals surface area contributed by atoms with Gasteiger partial charge >= 0.3 is 6.36 Å². The molecule has 0 aliphatic rings. The Balaban J connectivity index is 1.38. The monoisotopic (exact) mass is 598 g/mol. The van der Waals surface area contributed by atoms with Gasteiger partial charge in [0.05, 0.1) is 23.8 Å². The molecule has 13 heteroatoms. The number of hydrazone groups is 1. The molecular formula is C29H26F4N6O2S. The fourth-order valence-corrected chi connectivity index (χ4v) is 4.09. The summed E-state index contributed by atoms with van der Waals surface area (Å²) in [5.74, 6) is -1.33. The molecular weight excluding hydrogens is 572 g/mol. The summed E-state index contributed by atoms with van der Waals surface area (Å²) in [6.45, 7) is 5.78. The molecule has 1 heterocycles. The number of ether oxygens (including phenoxy) is 1. The smallest absolute Gasteiger partial charge is 0.406 e. The van der Waals surface area contributed by atoms with Gasteiger partial charge in [-0.15, -0.1) is 13.2 Å². The normalized spacial score (nSPS) is 11.5. The molecule has 1 aromatic heterocycles. The fourth-order valence-electron chi connectivity index (χ4n) is 3.93. The van der Waals surface area contributed by atoms with Gasteiger partial charge in [0.25, 0.3) is 5.91 Å². The van der Waals surface area contributed by atoms with Crippen molar-refractivity contribution in [2.45, 2.75) is 33.1 Å². The van der Waals surface area contributed by atoms with E-state index in [9.17, 15) is 22.4 Å². The summed E-state index contributed by atoms with van der Waals surface area (Å²) >= 11 is 5.31. The van der Waals surface area contributed by atoms with Gasteiger partial charge in [-0.25, -0.2) is 9.07 Å². The molecule has 218 valence electrons. The molecule has 0 fully saturated rings. The zero-order chi connectivity index (χ0) is 30.4. The maximum absolute atomic E-state index is 15.0. The molecule has 4 aromatic rings. The van der Waals surface area contributed by atoms with E-state index in [2.05, 4.69) is 44.8 Å². The first kappa shape index (κ1) is 30.2. The summed E-state index contributed by atoms with van der Waals surface area (Å²) in [4.78, 5) is 12.6. The van der Waals surface area contributed by atoms with Crippen molar-refractivity contribution in [2.75, 3.05) is 10.6 Å². The molecule has 0 aliphatic carbocycles. The maximum Gasteiger partial charge on any atom is 0.573 e. The summed E-state index contributed by atoms with van der Waals surface area (Å²) in [5, 5.41) is 14.4. The topological polar surface area (TPSA) is 92.6 Å². The molecule has 3 aromatic carbocycles. The fraction of sp³-hybridized carbons (Fsp3) is 0.172. The number of amides is 1. The van der Waals surface area contributed by atoms with Gasteiger partial charge in [0.1, 0.15) is 17.3 Å². The lowest BCUT2D eigenvalue weighted by Crippen LogP contribution is -2.24. The van der Waals surface area contributed by atoms with E-state index in [4.69, 9.17) is 12.2 Å². The average Bonchev–Trinajstić information content (AvgIpc) is 3.27. The number of para-hydroxylation sites is 1. The van der Waals surface area contributed by atoms with E-state index in [-0.39, 0.29) is 16.4 Å². The van der Waals surface area contributed by atoms with E-state index in [0.29, 0.717) is 22.9 Å². The van der Waals surface area contributed by atoms with Gasteiger partial charge in [0, 0.05) is 11.3 Å². The van der Waals surface area contributed by atoms with E-state index in [1.165, 1.54) is 41.4 Å². The quantitative estimate of drug-likeness (QED) is 0.0883. The van der Waals surface area contributed by atoms with Crippen LogP contribution in [0.2, 0.25) is 0 Å². The number of benzene rings is 3. The molecule has 0 saturated heterocycles. The number of aromatic nitrogens is 2. The van der Waals surface area contributed by atoms with Crippen molar-refractivity contribution in [1.82, 2.24) is 15.2 Å². The van der Waals surface area contributed by atoms with Crippen LogP contribution in [-0.4, -0.2) is 33.4 Å². The highest BCUT2D eigenvalue weighted by atomic mass is 32.1. The van der Waals surface area contributed by atoms with Crippen molar-refractivity contribution < 1.29 is 27.1 Å². The summed E-state index contributed by atoms with van der Waals surface area (Å²) < 4.78 is 57.1. The number of hydrogen-bond acceptors (Lipinski definition) is 5.